The minimum absolute atomic E-state index is 0.371. The second kappa shape index (κ2) is 3.50. The lowest BCUT2D eigenvalue weighted by atomic mass is 10.0. The summed E-state index contributed by atoms with van der Waals surface area (Å²) in [5.41, 5.74) is 2.68. The van der Waals surface area contributed by atoms with Crippen LogP contribution in [0.25, 0.3) is 10.9 Å². The zero-order valence-electron chi connectivity index (χ0n) is 9.19. The van der Waals surface area contributed by atoms with Crippen LogP contribution in [0.3, 0.4) is 0 Å². The van der Waals surface area contributed by atoms with Crippen molar-refractivity contribution in [1.82, 2.24) is 9.78 Å². The summed E-state index contributed by atoms with van der Waals surface area (Å²) in [6, 6.07) is 5.74. The van der Waals surface area contributed by atoms with Crippen LogP contribution in [0.15, 0.2) is 18.2 Å². The molecule has 3 heteroatoms. The standard InChI is InChI=1S/C12H14N2O/c1-8(2)11-10-6-4-5-9(7-15)12(10)14(3)13-11/h4-8H,1-3H3. The third-order valence-corrected chi connectivity index (χ3v) is 2.60. The number of hydrogen-bond donors (Lipinski definition) is 0. The third kappa shape index (κ3) is 1.44. The van der Waals surface area contributed by atoms with Crippen molar-refractivity contribution < 1.29 is 4.79 Å². The lowest BCUT2D eigenvalue weighted by Crippen LogP contribution is -1.94. The van der Waals surface area contributed by atoms with Crippen molar-refractivity contribution in [2.75, 3.05) is 0 Å². The molecule has 0 radical (unpaired) electrons. The lowest BCUT2D eigenvalue weighted by Gasteiger charge is -1.99. The Morgan fingerprint density at radius 2 is 2.13 bits per heavy atom. The Kier molecular flexibility index (Phi) is 2.31. The van der Waals surface area contributed by atoms with E-state index < -0.39 is 0 Å². The number of para-hydroxylation sites is 1. The summed E-state index contributed by atoms with van der Waals surface area (Å²) in [6.07, 6.45) is 0.883. The summed E-state index contributed by atoms with van der Waals surface area (Å²) in [6.45, 7) is 4.21. The van der Waals surface area contributed by atoms with Crippen LogP contribution in [-0.4, -0.2) is 16.1 Å². The molecule has 0 unspecified atom stereocenters. The average molecular weight is 202 g/mol. The molecule has 78 valence electrons. The normalized spacial score (nSPS) is 11.2. The molecule has 1 aromatic heterocycles. The SMILES string of the molecule is CC(C)c1nn(C)c2c(C=O)cccc12. The maximum absolute atomic E-state index is 10.9. The van der Waals surface area contributed by atoms with Gasteiger partial charge in [-0.2, -0.15) is 5.10 Å². The van der Waals surface area contributed by atoms with Gasteiger partial charge in [0.25, 0.3) is 0 Å². The highest BCUT2D eigenvalue weighted by atomic mass is 16.1. The minimum atomic E-state index is 0.371. The van der Waals surface area contributed by atoms with Crippen molar-refractivity contribution >= 4 is 17.2 Å². The molecule has 0 fully saturated rings. The van der Waals surface area contributed by atoms with Crippen LogP contribution in [0, 0.1) is 0 Å². The van der Waals surface area contributed by atoms with Gasteiger partial charge in [-0.05, 0) is 12.0 Å². The van der Waals surface area contributed by atoms with Crippen LogP contribution in [0.4, 0.5) is 0 Å². The van der Waals surface area contributed by atoms with E-state index in [2.05, 4.69) is 18.9 Å². The molecule has 0 bridgehead atoms. The number of nitrogens with zero attached hydrogens (tertiary/aromatic N) is 2. The molecule has 2 aromatic rings. The van der Waals surface area contributed by atoms with Gasteiger partial charge < -0.3 is 0 Å². The van der Waals surface area contributed by atoms with Crippen molar-refractivity contribution in [2.24, 2.45) is 7.05 Å². The molecule has 0 saturated carbocycles. The van der Waals surface area contributed by atoms with E-state index in [1.807, 2.05) is 25.2 Å². The molecule has 1 heterocycles. The summed E-state index contributed by atoms with van der Waals surface area (Å²) in [4.78, 5) is 10.9. The van der Waals surface area contributed by atoms with Gasteiger partial charge in [0, 0.05) is 18.0 Å². The Hall–Kier alpha value is -1.64. The predicted molar refractivity (Wildman–Crippen MR) is 60.2 cm³/mol. The number of benzene rings is 1. The lowest BCUT2D eigenvalue weighted by molar-refractivity contribution is 0.112. The summed E-state index contributed by atoms with van der Waals surface area (Å²) in [5.74, 6) is 0.371. The largest absolute Gasteiger partial charge is 0.298 e. The van der Waals surface area contributed by atoms with E-state index in [0.717, 1.165) is 22.9 Å². The number of carbonyl (C=O) groups excluding carboxylic acids is 1. The fourth-order valence-electron chi connectivity index (χ4n) is 1.92. The molecule has 0 spiro atoms. The van der Waals surface area contributed by atoms with Crippen LogP contribution in [0.1, 0.15) is 35.8 Å². The average Bonchev–Trinajstić information content (AvgIpc) is 2.56. The van der Waals surface area contributed by atoms with Crippen molar-refractivity contribution in [3.63, 3.8) is 0 Å². The maximum Gasteiger partial charge on any atom is 0.152 e. The summed E-state index contributed by atoms with van der Waals surface area (Å²) < 4.78 is 1.79. The van der Waals surface area contributed by atoms with Gasteiger partial charge in [0.1, 0.15) is 0 Å². The molecule has 0 aliphatic carbocycles. The molecule has 15 heavy (non-hydrogen) atoms. The second-order valence-electron chi connectivity index (χ2n) is 4.02. The van der Waals surface area contributed by atoms with Crippen molar-refractivity contribution in [1.29, 1.82) is 0 Å². The molecule has 1 aromatic carbocycles. The van der Waals surface area contributed by atoms with E-state index in [-0.39, 0.29) is 0 Å². The van der Waals surface area contributed by atoms with Crippen molar-refractivity contribution in [2.45, 2.75) is 19.8 Å². The summed E-state index contributed by atoms with van der Waals surface area (Å²) in [7, 11) is 1.88. The predicted octanol–water partition coefficient (Wildman–Crippen LogP) is 2.51. The second-order valence-corrected chi connectivity index (χ2v) is 4.02. The number of carbonyl (C=O) groups is 1. The van der Waals surface area contributed by atoms with Crippen molar-refractivity contribution in [3.05, 3.63) is 29.5 Å². The van der Waals surface area contributed by atoms with Gasteiger partial charge in [0.05, 0.1) is 11.2 Å². The van der Waals surface area contributed by atoms with Gasteiger partial charge in [-0.3, -0.25) is 9.48 Å². The highest BCUT2D eigenvalue weighted by molar-refractivity contribution is 5.97. The van der Waals surface area contributed by atoms with E-state index in [1.54, 1.807) is 4.68 Å². The zero-order valence-corrected chi connectivity index (χ0v) is 9.19. The highest BCUT2D eigenvalue weighted by Gasteiger charge is 2.13. The molecular weight excluding hydrogens is 188 g/mol. The van der Waals surface area contributed by atoms with E-state index in [4.69, 9.17) is 0 Å². The summed E-state index contributed by atoms with van der Waals surface area (Å²) >= 11 is 0. The molecular formula is C12H14N2O. The monoisotopic (exact) mass is 202 g/mol. The van der Waals surface area contributed by atoms with Crippen LogP contribution < -0.4 is 0 Å². The zero-order chi connectivity index (χ0) is 11.0. The van der Waals surface area contributed by atoms with E-state index in [0.29, 0.717) is 11.5 Å². The molecule has 0 aliphatic heterocycles. The van der Waals surface area contributed by atoms with E-state index >= 15 is 0 Å². The fraction of sp³-hybridized carbons (Fsp3) is 0.333. The molecule has 2 rings (SSSR count). The van der Waals surface area contributed by atoms with Crippen LogP contribution in [-0.2, 0) is 7.05 Å². The molecule has 0 atom stereocenters. The number of fused-ring (bicyclic) bond motifs is 1. The van der Waals surface area contributed by atoms with E-state index in [9.17, 15) is 4.79 Å². The highest BCUT2D eigenvalue weighted by Crippen LogP contribution is 2.25. The number of aldehydes is 1. The van der Waals surface area contributed by atoms with Crippen LogP contribution >= 0.6 is 0 Å². The molecule has 0 N–H and O–H groups in total. The van der Waals surface area contributed by atoms with Crippen LogP contribution in [0.2, 0.25) is 0 Å². The first-order valence-electron chi connectivity index (χ1n) is 5.06. The van der Waals surface area contributed by atoms with Gasteiger partial charge in [-0.15, -0.1) is 0 Å². The van der Waals surface area contributed by atoms with Crippen LogP contribution in [0.5, 0.6) is 0 Å². The number of aryl methyl sites for hydroxylation is 1. The molecule has 0 aliphatic rings. The smallest absolute Gasteiger partial charge is 0.152 e. The van der Waals surface area contributed by atoms with Gasteiger partial charge in [0.2, 0.25) is 0 Å². The van der Waals surface area contributed by atoms with Gasteiger partial charge >= 0.3 is 0 Å². The Bertz CT molecular complexity index is 512. The number of rotatable bonds is 2. The third-order valence-electron chi connectivity index (χ3n) is 2.60. The Balaban J connectivity index is 2.85. The topological polar surface area (TPSA) is 34.9 Å². The van der Waals surface area contributed by atoms with Gasteiger partial charge in [-0.25, -0.2) is 0 Å². The van der Waals surface area contributed by atoms with Crippen molar-refractivity contribution in [3.8, 4) is 0 Å². The number of aromatic nitrogens is 2. The Morgan fingerprint density at radius 1 is 1.40 bits per heavy atom. The van der Waals surface area contributed by atoms with Gasteiger partial charge in [-0.1, -0.05) is 26.0 Å². The molecule has 3 nitrogen and oxygen atoms in total. The Labute approximate surface area is 88.7 Å². The van der Waals surface area contributed by atoms with E-state index in [1.165, 1.54) is 0 Å². The molecule has 0 amide bonds. The minimum Gasteiger partial charge on any atom is -0.298 e. The maximum atomic E-state index is 10.9. The number of hydrogen-bond acceptors (Lipinski definition) is 2. The first-order valence-corrected chi connectivity index (χ1v) is 5.06. The fourth-order valence-corrected chi connectivity index (χ4v) is 1.92. The Morgan fingerprint density at radius 3 is 2.73 bits per heavy atom. The van der Waals surface area contributed by atoms with Gasteiger partial charge in [0.15, 0.2) is 6.29 Å². The first kappa shape index (κ1) is 9.90. The first-order chi connectivity index (χ1) is 7.15. The summed E-state index contributed by atoms with van der Waals surface area (Å²) in [5, 5.41) is 5.54. The molecule has 0 saturated heterocycles. The quantitative estimate of drug-likeness (QED) is 0.701.